The van der Waals surface area contributed by atoms with Gasteiger partial charge in [0.25, 0.3) is 0 Å². The van der Waals surface area contributed by atoms with E-state index in [1.165, 1.54) is 10.1 Å². The predicted molar refractivity (Wildman–Crippen MR) is 71.3 cm³/mol. The zero-order valence-electron chi connectivity index (χ0n) is 9.49. The lowest BCUT2D eigenvalue weighted by molar-refractivity contribution is 0.688. The fourth-order valence-corrected chi connectivity index (χ4v) is 2.41. The summed E-state index contributed by atoms with van der Waals surface area (Å²) in [6.07, 6.45) is 2.99. The van der Waals surface area contributed by atoms with Crippen molar-refractivity contribution >= 4 is 27.2 Å². The normalized spacial score (nSPS) is 10.8. The molecule has 2 N–H and O–H groups in total. The highest BCUT2D eigenvalue weighted by Gasteiger charge is 2.01. The minimum atomic E-state index is 0.967. The number of hydrogen-bond donors (Lipinski definition) is 2. The predicted octanol–water partition coefficient (Wildman–Crippen LogP) is 2.71. The van der Waals surface area contributed by atoms with Crippen molar-refractivity contribution in [2.45, 2.75) is 13.3 Å². The molecule has 0 amide bonds. The number of fused-ring (bicyclic) bond motifs is 1. The maximum atomic E-state index is 4.37. The molecule has 0 fully saturated rings. The second-order valence-electron chi connectivity index (χ2n) is 3.63. The van der Waals surface area contributed by atoms with Gasteiger partial charge < -0.3 is 10.6 Å². The van der Waals surface area contributed by atoms with Gasteiger partial charge in [-0.15, -0.1) is 11.3 Å². The Morgan fingerprint density at radius 1 is 1.31 bits per heavy atom. The van der Waals surface area contributed by atoms with Crippen LogP contribution in [0.3, 0.4) is 0 Å². The minimum Gasteiger partial charge on any atom is -0.369 e. The molecule has 2 aromatic heterocycles. The van der Waals surface area contributed by atoms with E-state index >= 15 is 0 Å². The molecule has 3 nitrogen and oxygen atoms in total. The Balaban J connectivity index is 1.91. The lowest BCUT2D eigenvalue weighted by atomic mass is 10.3. The molecule has 0 aliphatic heterocycles. The van der Waals surface area contributed by atoms with Crippen LogP contribution in [-0.2, 0) is 0 Å². The first kappa shape index (κ1) is 11.4. The fraction of sp³-hybridized carbons (Fsp3) is 0.417. The summed E-state index contributed by atoms with van der Waals surface area (Å²) in [5, 5.41) is 10.0. The van der Waals surface area contributed by atoms with Gasteiger partial charge in [0.05, 0.1) is 0 Å². The second-order valence-corrected chi connectivity index (χ2v) is 4.57. The van der Waals surface area contributed by atoms with E-state index in [9.17, 15) is 0 Å². The lowest BCUT2D eigenvalue weighted by Gasteiger charge is -2.06. The highest BCUT2D eigenvalue weighted by atomic mass is 32.1. The van der Waals surface area contributed by atoms with Gasteiger partial charge in [-0.05, 0) is 37.0 Å². The minimum absolute atomic E-state index is 0.967. The fourth-order valence-electron chi connectivity index (χ4n) is 1.63. The van der Waals surface area contributed by atoms with Crippen LogP contribution in [0.25, 0.3) is 10.1 Å². The van der Waals surface area contributed by atoms with Crippen LogP contribution in [0, 0.1) is 0 Å². The first-order valence-electron chi connectivity index (χ1n) is 5.68. The third kappa shape index (κ3) is 2.71. The van der Waals surface area contributed by atoms with E-state index < -0.39 is 0 Å². The molecule has 0 atom stereocenters. The number of aromatic nitrogens is 1. The van der Waals surface area contributed by atoms with E-state index in [4.69, 9.17) is 0 Å². The molecule has 0 saturated carbocycles. The molecule has 16 heavy (non-hydrogen) atoms. The Labute approximate surface area is 99.9 Å². The smallest absolute Gasteiger partial charge is 0.134 e. The zero-order valence-corrected chi connectivity index (χ0v) is 10.3. The van der Waals surface area contributed by atoms with Crippen LogP contribution in [0.5, 0.6) is 0 Å². The first-order chi connectivity index (χ1) is 7.92. The van der Waals surface area contributed by atoms with Gasteiger partial charge in [0.2, 0.25) is 0 Å². The molecule has 4 heteroatoms. The van der Waals surface area contributed by atoms with Gasteiger partial charge in [0.1, 0.15) is 5.82 Å². The van der Waals surface area contributed by atoms with E-state index in [2.05, 4.69) is 40.1 Å². The number of rotatable bonds is 6. The van der Waals surface area contributed by atoms with Crippen LogP contribution in [-0.4, -0.2) is 24.6 Å². The van der Waals surface area contributed by atoms with Crippen molar-refractivity contribution in [3.05, 3.63) is 23.7 Å². The third-order valence-electron chi connectivity index (χ3n) is 2.45. The van der Waals surface area contributed by atoms with E-state index in [-0.39, 0.29) is 0 Å². The number of hydrogen-bond acceptors (Lipinski definition) is 4. The summed E-state index contributed by atoms with van der Waals surface area (Å²) < 4.78 is 1.30. The van der Waals surface area contributed by atoms with Crippen LogP contribution in [0.4, 0.5) is 5.82 Å². The topological polar surface area (TPSA) is 37.0 Å². The number of thiophene rings is 1. The summed E-state index contributed by atoms with van der Waals surface area (Å²) in [4.78, 5) is 4.37. The summed E-state index contributed by atoms with van der Waals surface area (Å²) in [6, 6.07) is 4.18. The molecule has 0 aromatic carbocycles. The summed E-state index contributed by atoms with van der Waals surface area (Å²) in [5.41, 5.74) is 0. The molecule has 0 radical (unpaired) electrons. The van der Waals surface area contributed by atoms with Crippen LogP contribution in [0.2, 0.25) is 0 Å². The quantitative estimate of drug-likeness (QED) is 0.756. The molecule has 2 heterocycles. The molecular weight excluding hydrogens is 218 g/mol. The number of pyridine rings is 1. The first-order valence-corrected chi connectivity index (χ1v) is 6.56. The molecule has 0 bridgehead atoms. The van der Waals surface area contributed by atoms with Gasteiger partial charge in [-0.1, -0.05) is 6.92 Å². The molecule has 0 spiro atoms. The number of anilines is 1. The molecule has 2 aromatic rings. The second kappa shape index (κ2) is 5.82. The van der Waals surface area contributed by atoms with Crippen LogP contribution in [0.1, 0.15) is 13.3 Å². The Kier molecular flexibility index (Phi) is 4.13. The van der Waals surface area contributed by atoms with Crippen molar-refractivity contribution in [1.29, 1.82) is 0 Å². The Bertz CT molecular complexity index is 439. The summed E-state index contributed by atoms with van der Waals surface area (Å²) in [5.74, 6) is 1.01. The molecule has 0 unspecified atom stereocenters. The van der Waals surface area contributed by atoms with E-state index in [1.54, 1.807) is 11.3 Å². The Morgan fingerprint density at radius 3 is 3.12 bits per heavy atom. The largest absolute Gasteiger partial charge is 0.369 e. The van der Waals surface area contributed by atoms with Gasteiger partial charge >= 0.3 is 0 Å². The van der Waals surface area contributed by atoms with Crippen molar-refractivity contribution in [2.75, 3.05) is 25.0 Å². The summed E-state index contributed by atoms with van der Waals surface area (Å²) >= 11 is 1.76. The standard InChI is InChI=1S/C12H17N3S/c1-2-13-6-3-7-14-12-10-5-9-16-11(10)4-8-15-12/h4-5,8-9,13H,2-3,6-7H2,1H3,(H,14,15). The molecule has 2 rings (SSSR count). The van der Waals surface area contributed by atoms with Gasteiger partial charge in [-0.2, -0.15) is 0 Å². The number of nitrogens with one attached hydrogen (secondary N) is 2. The lowest BCUT2D eigenvalue weighted by Crippen LogP contribution is -2.17. The zero-order chi connectivity index (χ0) is 11.2. The van der Waals surface area contributed by atoms with Crippen molar-refractivity contribution in [3.63, 3.8) is 0 Å². The SMILES string of the molecule is CCNCCCNc1nccc2sccc12. The van der Waals surface area contributed by atoms with Crippen molar-refractivity contribution in [2.24, 2.45) is 0 Å². The summed E-state index contributed by atoms with van der Waals surface area (Å²) in [6.45, 7) is 5.19. The van der Waals surface area contributed by atoms with Gasteiger partial charge in [-0.25, -0.2) is 4.98 Å². The molecule has 86 valence electrons. The Morgan fingerprint density at radius 2 is 2.25 bits per heavy atom. The van der Waals surface area contributed by atoms with E-state index in [0.29, 0.717) is 0 Å². The van der Waals surface area contributed by atoms with E-state index in [1.807, 2.05) is 6.20 Å². The number of nitrogens with zero attached hydrogens (tertiary/aromatic N) is 1. The van der Waals surface area contributed by atoms with Gasteiger partial charge in [-0.3, -0.25) is 0 Å². The van der Waals surface area contributed by atoms with Crippen LogP contribution in [0.15, 0.2) is 23.7 Å². The van der Waals surface area contributed by atoms with E-state index in [0.717, 1.165) is 31.9 Å². The highest BCUT2D eigenvalue weighted by Crippen LogP contribution is 2.25. The monoisotopic (exact) mass is 235 g/mol. The molecular formula is C12H17N3S. The maximum absolute atomic E-state index is 4.37. The van der Waals surface area contributed by atoms with Crippen LogP contribution < -0.4 is 10.6 Å². The highest BCUT2D eigenvalue weighted by molar-refractivity contribution is 7.17. The van der Waals surface area contributed by atoms with Crippen molar-refractivity contribution in [1.82, 2.24) is 10.3 Å². The average molecular weight is 235 g/mol. The summed E-state index contributed by atoms with van der Waals surface area (Å²) in [7, 11) is 0. The Hall–Kier alpha value is -1.13. The average Bonchev–Trinajstić information content (AvgIpc) is 2.77. The molecule has 0 aliphatic rings. The molecule has 0 aliphatic carbocycles. The van der Waals surface area contributed by atoms with Gasteiger partial charge in [0.15, 0.2) is 0 Å². The van der Waals surface area contributed by atoms with Crippen molar-refractivity contribution < 1.29 is 0 Å². The maximum Gasteiger partial charge on any atom is 0.134 e. The van der Waals surface area contributed by atoms with Crippen molar-refractivity contribution in [3.8, 4) is 0 Å². The van der Waals surface area contributed by atoms with Crippen LogP contribution >= 0.6 is 11.3 Å². The molecule has 0 saturated heterocycles. The third-order valence-corrected chi connectivity index (χ3v) is 3.33. The van der Waals surface area contributed by atoms with Gasteiger partial charge in [0, 0.05) is 22.8 Å².